The zero-order valence-corrected chi connectivity index (χ0v) is 71.1. The Morgan fingerprint density at radius 1 is 0.724 bits per heavy atom. The topological polar surface area (TPSA) is 538 Å². The average molecular weight is 1810 g/mol. The summed E-state index contributed by atoms with van der Waals surface area (Å²) in [6, 6.07) is 13.7. The maximum atomic E-state index is 16.7. The van der Waals surface area contributed by atoms with Gasteiger partial charge >= 0.3 is 5.97 Å². The lowest BCUT2D eigenvalue weighted by Gasteiger charge is -2.47. The molecule has 36 nitrogen and oxygen atoms in total. The first-order chi connectivity index (χ1) is 60.5. The number of carboxylic acids is 1. The van der Waals surface area contributed by atoms with Gasteiger partial charge in [0.05, 0.1) is 59.9 Å². The molecule has 672 valence electrons. The van der Waals surface area contributed by atoms with Gasteiger partial charge < -0.3 is 132 Å². The van der Waals surface area contributed by atoms with Crippen LogP contribution in [0, 0.1) is 5.92 Å². The van der Waals surface area contributed by atoms with Gasteiger partial charge in [-0.15, -0.1) is 0 Å². The molecule has 1 aromatic heterocycles. The van der Waals surface area contributed by atoms with Crippen molar-refractivity contribution in [2.24, 2.45) is 11.7 Å². The lowest BCUT2D eigenvalue weighted by Crippen LogP contribution is -2.63. The molecular formula is C88H95Cl3N12O24. The van der Waals surface area contributed by atoms with Crippen LogP contribution in [0.2, 0.25) is 15.1 Å². The van der Waals surface area contributed by atoms with E-state index >= 15 is 24.0 Å². The molecule has 8 aliphatic heterocycles. The smallest absolute Gasteiger partial charge is 0.330 e. The number of nitrogens with two attached hydrogens (primary N) is 1. The summed E-state index contributed by atoms with van der Waals surface area (Å²) in [5.74, 6) is -16.0. The van der Waals surface area contributed by atoms with Crippen molar-refractivity contribution in [3.63, 3.8) is 0 Å². The number of aliphatic carboxylic acids is 1. The number of aliphatic hydroxyl groups is 6. The third-order valence-corrected chi connectivity index (χ3v) is 24.0. The van der Waals surface area contributed by atoms with E-state index in [4.69, 9.17) is 69.0 Å². The molecule has 127 heavy (non-hydrogen) atoms. The number of benzene rings is 7. The van der Waals surface area contributed by atoms with Gasteiger partial charge in [0.15, 0.2) is 23.8 Å². The first kappa shape index (κ1) is 91.6. The summed E-state index contributed by atoms with van der Waals surface area (Å²) < 4.78 is 41.1. The molecule has 7 amide bonds. The fraction of sp³-hybridized carbons (Fsp3) is 0.375. The summed E-state index contributed by atoms with van der Waals surface area (Å²) in [5.41, 5.74) is 4.88. The second kappa shape index (κ2) is 38.6. The molecule has 20 N–H and O–H groups in total. The normalized spacial score (nSPS) is 26.6. The number of primary amides is 1. The van der Waals surface area contributed by atoms with Crippen molar-refractivity contribution in [1.29, 1.82) is 0 Å². The number of phenolic OH excluding ortho intramolecular Hbond substituents is 3. The molecule has 8 aliphatic rings. The number of carboxylic acid groups (broad SMARTS) is 1. The van der Waals surface area contributed by atoms with Crippen LogP contribution in [0.1, 0.15) is 133 Å². The number of aromatic nitrogens is 2. The number of nitrogens with one attached hydrogen (secondary N) is 8. The second-order valence-corrected chi connectivity index (χ2v) is 33.9. The predicted octanol–water partition coefficient (Wildman–Crippen LogP) is 4.97. The molecule has 9 heterocycles. The Morgan fingerprint density at radius 3 is 2.07 bits per heavy atom. The zero-order chi connectivity index (χ0) is 90.9. The van der Waals surface area contributed by atoms with E-state index in [1.54, 1.807) is 38.5 Å². The number of amides is 7. The number of aromatic hydroxyl groups is 3. The van der Waals surface area contributed by atoms with Crippen LogP contribution in [0.3, 0.4) is 0 Å². The maximum absolute atomic E-state index is 16.7. The highest BCUT2D eigenvalue weighted by molar-refractivity contribution is 6.32. The van der Waals surface area contributed by atoms with E-state index in [2.05, 4.69) is 47.5 Å². The number of hydrogen-bond donors (Lipinski definition) is 19. The van der Waals surface area contributed by atoms with E-state index in [-0.39, 0.29) is 71.5 Å². The number of carbonyl (C=O) groups excluding carboxylic acids is 7. The minimum atomic E-state index is -2.39. The fourth-order valence-corrected chi connectivity index (χ4v) is 16.9. The van der Waals surface area contributed by atoms with Gasteiger partial charge in [-0.3, -0.25) is 38.5 Å². The molecule has 8 aromatic rings. The number of rotatable bonds is 20. The molecule has 2 saturated heterocycles. The molecule has 2 unspecified atom stereocenters. The van der Waals surface area contributed by atoms with Crippen molar-refractivity contribution in [3.05, 3.63) is 205 Å². The van der Waals surface area contributed by atoms with Gasteiger partial charge in [-0.25, -0.2) is 9.78 Å². The maximum Gasteiger partial charge on any atom is 0.330 e. The molecule has 0 spiro atoms. The van der Waals surface area contributed by atoms with Crippen molar-refractivity contribution in [3.8, 4) is 57.1 Å². The molecule has 16 rings (SSSR count). The van der Waals surface area contributed by atoms with E-state index in [0.717, 1.165) is 64.8 Å². The van der Waals surface area contributed by atoms with Crippen LogP contribution in [0.15, 0.2) is 134 Å². The number of carbonyl (C=O) groups is 8. The van der Waals surface area contributed by atoms with Gasteiger partial charge in [-0.2, -0.15) is 0 Å². The third-order valence-electron chi connectivity index (χ3n) is 23.2. The summed E-state index contributed by atoms with van der Waals surface area (Å²) in [6.07, 6.45) is -11.7. The minimum absolute atomic E-state index is 0.112. The van der Waals surface area contributed by atoms with Crippen LogP contribution in [-0.2, 0) is 78.7 Å². The van der Waals surface area contributed by atoms with Crippen LogP contribution in [0.5, 0.6) is 46.0 Å². The number of imidazole rings is 1. The standard InChI is InChI=1S/C88H95Cl3N12O24/c1-39(2)23-55(93-5)80(114)100-70-72(108)45-14-19-59(53(90)26-45)123-61-28-47-29-62(78(61)127-87-76(112)75(111)74(110)63(36-104)125-87)124-60-20-15-46(27-54(60)91)77(126-65-32-88(4,79(113)40(3)122-65)95-33-43-8-6-7-42(24-43)10-9-41-11-16-48(89)17-12-41)71-85(119)99-69(86(120)121)51-30-58(106)52(35-102-22-21-49-34-94-37-103(49)38-102)73(109)66(51)50-25-44(13-18-57(50)105)67(82(116)101-71)98-83(117)68(47)97-81(115)56(31-64(92)107)96-84(70)118/h6-20,24-30,34,37,39-40,55-56,63,65,67-72,74-77,79,87,93,95,104-106,108-113H,21-23,31-33,35-36,38H2,1-5H3,(H2,92,107)(H,96,118)(H,97,115)(H,98,117)(H,99,119)(H,100,114)(H,101,116)(H,120,121)/b10-9+/t40-,55+,56-,63+,65?,67+,68+,69+,70+,71?,72+,74+,75-,76+,77+,79-,87-,88-/m0/s1. The third kappa shape index (κ3) is 20.1. The van der Waals surface area contributed by atoms with Gasteiger partial charge in [0.1, 0.15) is 95.6 Å². The van der Waals surface area contributed by atoms with E-state index in [1.165, 1.54) is 37.4 Å². The van der Waals surface area contributed by atoms with Crippen molar-refractivity contribution in [2.45, 2.75) is 182 Å². The Morgan fingerprint density at radius 2 is 1.39 bits per heavy atom. The quantitative estimate of drug-likeness (QED) is 0.0448. The Labute approximate surface area is 741 Å². The summed E-state index contributed by atoms with van der Waals surface area (Å²) in [5, 5.41) is 140. The van der Waals surface area contributed by atoms with Gasteiger partial charge in [0.2, 0.25) is 53.4 Å². The van der Waals surface area contributed by atoms with Crippen LogP contribution < -0.4 is 62.5 Å². The predicted molar refractivity (Wildman–Crippen MR) is 455 cm³/mol. The molecular weight excluding hydrogens is 1720 g/mol. The van der Waals surface area contributed by atoms with Gasteiger partial charge in [0.25, 0.3) is 0 Å². The van der Waals surface area contributed by atoms with Crippen molar-refractivity contribution >= 4 is 94.3 Å². The molecule has 39 heteroatoms. The minimum Gasteiger partial charge on any atom is -0.507 e. The molecule has 11 bridgehead atoms. The van der Waals surface area contributed by atoms with Crippen LogP contribution in [0.4, 0.5) is 0 Å². The molecule has 2 fully saturated rings. The summed E-state index contributed by atoms with van der Waals surface area (Å²) in [6.45, 7) is 6.32. The highest BCUT2D eigenvalue weighted by Gasteiger charge is 2.50. The fourth-order valence-electron chi connectivity index (χ4n) is 16.3. The summed E-state index contributed by atoms with van der Waals surface area (Å²) >= 11 is 20.8. The van der Waals surface area contributed by atoms with Gasteiger partial charge in [0, 0.05) is 71.6 Å². The van der Waals surface area contributed by atoms with Crippen LogP contribution in [-0.4, -0.2) is 212 Å². The summed E-state index contributed by atoms with van der Waals surface area (Å²) in [7, 11) is 1.48. The number of ether oxygens (including phenoxy) is 6. The SMILES string of the molecule is CN[C@H](CC(C)C)C(=O)N[C@H]1C(=O)N[C@@H](CC(N)=O)C(=O)N[C@H]2C(=O)N[C@H]3C(=O)NC(C(=O)N[C@@H](C(=O)O)c4cc(O)c(CN5CCc6cncn6C5)c(O)c4-c4cc3ccc4O)[C@H](OC3C[C@](C)(NCc4cccc(/C=C/c5ccc(Cl)cc5)c4)[C@@H](O)[C@H](C)O3)c3ccc(c(Cl)c3)Oc3cc2cc(c3O[C@@H]2O[C@H](CO)[C@@H](O)[C@H](O)[C@H]2O)Oc2ccc(cc2Cl)[C@H]1O. The van der Waals surface area contributed by atoms with E-state index in [0.29, 0.717) is 18.0 Å². The molecule has 7 aromatic carbocycles. The number of fused-ring (bicyclic) bond motifs is 16. The van der Waals surface area contributed by atoms with E-state index in [9.17, 15) is 65.4 Å². The Bertz CT molecular complexity index is 5570. The monoisotopic (exact) mass is 1810 g/mol. The highest BCUT2D eigenvalue weighted by Crippen LogP contribution is 2.51. The van der Waals surface area contributed by atoms with Crippen molar-refractivity contribution in [2.75, 3.05) is 20.2 Å². The summed E-state index contributed by atoms with van der Waals surface area (Å²) in [4.78, 5) is 128. The van der Waals surface area contributed by atoms with Gasteiger partial charge in [-0.1, -0.05) is 115 Å². The van der Waals surface area contributed by atoms with Crippen LogP contribution >= 0.6 is 34.8 Å². The Balaban J connectivity index is 0.968. The van der Waals surface area contributed by atoms with Crippen LogP contribution in [0.25, 0.3) is 23.3 Å². The molecule has 0 saturated carbocycles. The molecule has 18 atom stereocenters. The Hall–Kier alpha value is -11.6. The van der Waals surface area contributed by atoms with E-state index < -0.39 is 237 Å². The molecule has 0 radical (unpaired) electrons. The average Bonchev–Trinajstić information content (AvgIpc) is 0.952. The second-order valence-electron chi connectivity index (χ2n) is 32.7. The number of hydrogen-bond acceptors (Lipinski definition) is 27. The van der Waals surface area contributed by atoms with Crippen molar-refractivity contribution < 1.29 is 118 Å². The first-order valence-corrected chi connectivity index (χ1v) is 41.8. The van der Waals surface area contributed by atoms with E-state index in [1.807, 2.05) is 71.9 Å². The number of likely N-dealkylation sites (N-methyl/N-ethyl adjacent to an activating group) is 1. The lowest BCUT2D eigenvalue weighted by atomic mass is 9.84. The first-order valence-electron chi connectivity index (χ1n) is 40.7. The largest absolute Gasteiger partial charge is 0.507 e. The highest BCUT2D eigenvalue weighted by atomic mass is 35.5. The van der Waals surface area contributed by atoms with Gasteiger partial charge in [-0.05, 0) is 139 Å². The number of halogens is 3. The van der Waals surface area contributed by atoms with Crippen molar-refractivity contribution in [1.82, 2.24) is 57.0 Å². The number of nitrogens with zero attached hydrogens (tertiary/aromatic N) is 3. The number of aliphatic hydroxyl groups excluding tert-OH is 6. The lowest BCUT2D eigenvalue weighted by molar-refractivity contribution is -0.277. The molecule has 0 aliphatic carbocycles. The Kier molecular flexibility index (Phi) is 27.8. The zero-order valence-electron chi connectivity index (χ0n) is 68.9. The number of phenols is 3.